The minimum Gasteiger partial charge on any atom is -0.484 e. The maximum absolute atomic E-state index is 12.0. The lowest BCUT2D eigenvalue weighted by Gasteiger charge is -2.11. The lowest BCUT2D eigenvalue weighted by Crippen LogP contribution is -2.34. The molecule has 1 amide bonds. The molecule has 0 radical (unpaired) electrons. The molecule has 0 bridgehead atoms. The van der Waals surface area contributed by atoms with Gasteiger partial charge >= 0.3 is 0 Å². The molecule has 0 aliphatic rings. The molecule has 7 heteroatoms. The van der Waals surface area contributed by atoms with Crippen molar-refractivity contribution in [3.05, 3.63) is 84.2 Å². The van der Waals surface area contributed by atoms with E-state index in [2.05, 4.69) is 21.6 Å². The highest BCUT2D eigenvalue weighted by Crippen LogP contribution is 2.26. The second-order valence-corrected chi connectivity index (χ2v) is 8.50. The molecule has 0 saturated carbocycles. The monoisotopic (exact) mass is 463 g/mol. The summed E-state index contributed by atoms with van der Waals surface area (Å²) in [6.07, 6.45) is 5.88. The van der Waals surface area contributed by atoms with E-state index in [9.17, 15) is 4.79 Å². The predicted octanol–water partition coefficient (Wildman–Crippen LogP) is 5.25. The van der Waals surface area contributed by atoms with E-state index in [-0.39, 0.29) is 18.6 Å². The zero-order valence-electron chi connectivity index (χ0n) is 19.5. The number of H-pyrrole nitrogens is 1. The Hall–Kier alpha value is -4.52. The number of aromatic amines is 1. The van der Waals surface area contributed by atoms with Crippen molar-refractivity contribution >= 4 is 39.9 Å². The summed E-state index contributed by atoms with van der Waals surface area (Å²) in [6.45, 7) is 3.78. The van der Waals surface area contributed by atoms with E-state index in [4.69, 9.17) is 14.7 Å². The first-order chi connectivity index (χ1) is 17.1. The summed E-state index contributed by atoms with van der Waals surface area (Å²) < 4.78 is 5.70. The van der Waals surface area contributed by atoms with Gasteiger partial charge in [-0.2, -0.15) is 5.10 Å². The first-order valence-electron chi connectivity index (χ1n) is 11.5. The molecule has 0 aliphatic heterocycles. The number of nitrogens with zero attached hydrogens (tertiary/aromatic N) is 3. The summed E-state index contributed by atoms with van der Waals surface area (Å²) in [5, 5.41) is 12.0. The van der Waals surface area contributed by atoms with Crippen molar-refractivity contribution in [2.24, 2.45) is 0 Å². The van der Waals surface area contributed by atoms with Crippen LogP contribution in [-0.2, 0) is 4.79 Å². The Bertz CT molecular complexity index is 1540. The third-order valence-corrected chi connectivity index (χ3v) is 5.48. The van der Waals surface area contributed by atoms with Crippen molar-refractivity contribution in [3.63, 3.8) is 0 Å². The van der Waals surface area contributed by atoms with Crippen LogP contribution in [0, 0.1) is 0 Å². The number of fused-ring (bicyclic) bond motifs is 2. The standard InChI is InChI=1S/C28H25N5O2/c1-18(2)30-27(34)17-35-21-9-5-8-20(15-21)28-31-24-11-4-3-10-22(24)25(32-28)14-13-19-7-6-12-26-23(19)16-29-33-26/h3-16,18H,17H2,1-2H3,(H,29,33)(H,30,34). The zero-order chi connectivity index (χ0) is 24.2. The maximum atomic E-state index is 12.0. The average Bonchev–Trinajstić information content (AvgIpc) is 3.35. The van der Waals surface area contributed by atoms with Gasteiger partial charge in [0.25, 0.3) is 5.91 Å². The SMILES string of the molecule is CC(C)NC(=O)COc1cccc(-c2nc(C=Cc3cccc4[nH]ncc34)c3ccccc3n2)c1. The van der Waals surface area contributed by atoms with Crippen molar-refractivity contribution in [1.29, 1.82) is 0 Å². The molecule has 5 aromatic rings. The Morgan fingerprint density at radius 1 is 1.00 bits per heavy atom. The van der Waals surface area contributed by atoms with Crippen LogP contribution in [-0.4, -0.2) is 38.7 Å². The molecule has 0 atom stereocenters. The van der Waals surface area contributed by atoms with Crippen molar-refractivity contribution in [2.75, 3.05) is 6.61 Å². The Balaban J connectivity index is 1.48. The summed E-state index contributed by atoms with van der Waals surface area (Å²) in [5.41, 5.74) is 4.51. The molecule has 174 valence electrons. The van der Waals surface area contributed by atoms with Gasteiger partial charge in [0.15, 0.2) is 12.4 Å². The Labute approximate surface area is 202 Å². The van der Waals surface area contributed by atoms with Crippen molar-refractivity contribution in [1.82, 2.24) is 25.5 Å². The van der Waals surface area contributed by atoms with Gasteiger partial charge in [-0.15, -0.1) is 0 Å². The fourth-order valence-corrected chi connectivity index (χ4v) is 3.90. The van der Waals surface area contributed by atoms with Crippen molar-refractivity contribution in [2.45, 2.75) is 19.9 Å². The molecule has 0 aliphatic carbocycles. The van der Waals surface area contributed by atoms with E-state index in [1.807, 2.05) is 92.9 Å². The summed E-state index contributed by atoms with van der Waals surface area (Å²) in [4.78, 5) is 21.6. The van der Waals surface area contributed by atoms with Gasteiger partial charge < -0.3 is 10.1 Å². The number of ether oxygens (including phenoxy) is 1. The molecule has 5 rings (SSSR count). The second kappa shape index (κ2) is 9.77. The molecule has 0 unspecified atom stereocenters. The molecule has 35 heavy (non-hydrogen) atoms. The van der Waals surface area contributed by atoms with Crippen LogP contribution in [0.2, 0.25) is 0 Å². The average molecular weight is 464 g/mol. The van der Waals surface area contributed by atoms with E-state index in [1.165, 1.54) is 0 Å². The molecule has 0 fully saturated rings. The van der Waals surface area contributed by atoms with Crippen LogP contribution < -0.4 is 10.1 Å². The van der Waals surface area contributed by atoms with Gasteiger partial charge in [-0.1, -0.05) is 48.5 Å². The third kappa shape index (κ3) is 5.04. The smallest absolute Gasteiger partial charge is 0.258 e. The number of rotatable bonds is 7. The third-order valence-electron chi connectivity index (χ3n) is 5.48. The molecule has 0 saturated heterocycles. The molecule has 7 nitrogen and oxygen atoms in total. The van der Waals surface area contributed by atoms with E-state index < -0.39 is 0 Å². The number of amides is 1. The first kappa shape index (κ1) is 22.3. The van der Waals surface area contributed by atoms with Crippen LogP contribution in [0.25, 0.3) is 45.3 Å². The lowest BCUT2D eigenvalue weighted by atomic mass is 10.1. The van der Waals surface area contributed by atoms with Crippen LogP contribution in [0.4, 0.5) is 0 Å². The van der Waals surface area contributed by atoms with Gasteiger partial charge in [0.1, 0.15) is 5.75 Å². The van der Waals surface area contributed by atoms with Crippen LogP contribution in [0.1, 0.15) is 25.1 Å². The van der Waals surface area contributed by atoms with Crippen LogP contribution in [0.3, 0.4) is 0 Å². The summed E-state index contributed by atoms with van der Waals surface area (Å²) in [6, 6.07) is 21.5. The van der Waals surface area contributed by atoms with Gasteiger partial charge in [-0.05, 0) is 49.8 Å². The minimum atomic E-state index is -0.160. The number of aromatic nitrogens is 4. The topological polar surface area (TPSA) is 92.8 Å². The maximum Gasteiger partial charge on any atom is 0.258 e. The second-order valence-electron chi connectivity index (χ2n) is 8.50. The van der Waals surface area contributed by atoms with E-state index >= 15 is 0 Å². The minimum absolute atomic E-state index is 0.0479. The summed E-state index contributed by atoms with van der Waals surface area (Å²) in [5.74, 6) is 1.01. The van der Waals surface area contributed by atoms with Gasteiger partial charge in [-0.25, -0.2) is 9.97 Å². The number of carbonyl (C=O) groups excluding carboxylic acids is 1. The van der Waals surface area contributed by atoms with Gasteiger partial charge in [0.2, 0.25) is 0 Å². The highest BCUT2D eigenvalue weighted by atomic mass is 16.5. The van der Waals surface area contributed by atoms with Crippen LogP contribution >= 0.6 is 0 Å². The first-order valence-corrected chi connectivity index (χ1v) is 11.5. The summed E-state index contributed by atoms with van der Waals surface area (Å²) >= 11 is 0. The van der Waals surface area contributed by atoms with E-state index in [0.717, 1.165) is 38.6 Å². The number of para-hydroxylation sites is 1. The van der Waals surface area contributed by atoms with Gasteiger partial charge in [0.05, 0.1) is 22.9 Å². The fraction of sp³-hybridized carbons (Fsp3) is 0.143. The quantitative estimate of drug-likeness (QED) is 0.344. The van der Waals surface area contributed by atoms with Crippen LogP contribution in [0.15, 0.2) is 72.9 Å². The van der Waals surface area contributed by atoms with Gasteiger partial charge in [-0.3, -0.25) is 9.89 Å². The Morgan fingerprint density at radius 3 is 2.74 bits per heavy atom. The molecule has 3 aromatic carbocycles. The molecular weight excluding hydrogens is 438 g/mol. The highest BCUT2D eigenvalue weighted by molar-refractivity contribution is 5.94. The number of hydrogen-bond donors (Lipinski definition) is 2. The van der Waals surface area contributed by atoms with E-state index in [1.54, 1.807) is 0 Å². The van der Waals surface area contributed by atoms with Crippen molar-refractivity contribution < 1.29 is 9.53 Å². The zero-order valence-corrected chi connectivity index (χ0v) is 19.5. The lowest BCUT2D eigenvalue weighted by molar-refractivity contribution is -0.123. The highest BCUT2D eigenvalue weighted by Gasteiger charge is 2.10. The number of carbonyl (C=O) groups is 1. The largest absolute Gasteiger partial charge is 0.484 e. The number of benzene rings is 3. The number of nitrogens with one attached hydrogen (secondary N) is 2. The fourth-order valence-electron chi connectivity index (χ4n) is 3.90. The summed E-state index contributed by atoms with van der Waals surface area (Å²) in [7, 11) is 0. The number of hydrogen-bond acceptors (Lipinski definition) is 5. The Kier molecular flexibility index (Phi) is 6.22. The molecule has 0 spiro atoms. The van der Waals surface area contributed by atoms with Crippen LogP contribution in [0.5, 0.6) is 5.75 Å². The normalized spacial score (nSPS) is 11.5. The molecule has 2 heterocycles. The van der Waals surface area contributed by atoms with Crippen molar-refractivity contribution in [3.8, 4) is 17.1 Å². The Morgan fingerprint density at radius 2 is 1.86 bits per heavy atom. The molecule has 2 N–H and O–H groups in total. The molecule has 2 aromatic heterocycles. The molecular formula is C28H25N5O2. The predicted molar refractivity (Wildman–Crippen MR) is 139 cm³/mol. The van der Waals surface area contributed by atoms with Gasteiger partial charge in [0, 0.05) is 22.4 Å². The van der Waals surface area contributed by atoms with E-state index in [0.29, 0.717) is 11.6 Å².